The molecule has 1 aromatic carbocycles. The van der Waals surface area contributed by atoms with Crippen LogP contribution in [0.3, 0.4) is 0 Å². The second-order valence-corrected chi connectivity index (χ2v) is 7.90. The van der Waals surface area contributed by atoms with E-state index in [0.29, 0.717) is 25.0 Å². The van der Waals surface area contributed by atoms with Crippen LogP contribution in [0.25, 0.3) is 0 Å². The molecule has 0 aliphatic heterocycles. The number of aryl methyl sites for hydroxylation is 3. The van der Waals surface area contributed by atoms with Crippen molar-refractivity contribution >= 4 is 22.2 Å². The zero-order chi connectivity index (χ0) is 18.5. The Morgan fingerprint density at radius 2 is 2.12 bits per heavy atom. The number of thiophene rings is 1. The summed E-state index contributed by atoms with van der Waals surface area (Å²) in [6.45, 7) is 4.58. The molecule has 4 nitrogen and oxygen atoms in total. The topological polar surface area (TPSA) is 62.1 Å². The summed E-state index contributed by atoms with van der Waals surface area (Å²) in [6, 6.07) is 8.36. The average molecular weight is 369 g/mol. The highest BCUT2D eigenvalue weighted by molar-refractivity contribution is 7.16. The van der Waals surface area contributed by atoms with Crippen LogP contribution in [-0.4, -0.2) is 12.5 Å². The van der Waals surface area contributed by atoms with E-state index in [1.165, 1.54) is 16.9 Å². The lowest BCUT2D eigenvalue weighted by molar-refractivity contribution is -0.116. The molecule has 1 heterocycles. The first-order valence-electron chi connectivity index (χ1n) is 9.13. The van der Waals surface area contributed by atoms with Gasteiger partial charge >= 0.3 is 0 Å². The fraction of sp³-hybridized carbons (Fsp3) is 0.429. The Balaban J connectivity index is 1.50. The van der Waals surface area contributed by atoms with Crippen LogP contribution in [0, 0.1) is 25.2 Å². The lowest BCUT2D eigenvalue weighted by Gasteiger charge is -2.10. The molecule has 0 saturated carbocycles. The molecule has 1 N–H and O–H groups in total. The molecule has 1 aliphatic carbocycles. The highest BCUT2D eigenvalue weighted by Crippen LogP contribution is 2.37. The van der Waals surface area contributed by atoms with Gasteiger partial charge in [-0.3, -0.25) is 4.79 Å². The van der Waals surface area contributed by atoms with Crippen LogP contribution in [0.15, 0.2) is 18.2 Å². The van der Waals surface area contributed by atoms with Crippen LogP contribution in [0.2, 0.25) is 0 Å². The average Bonchev–Trinajstić information content (AvgIpc) is 2.97. The lowest BCUT2D eigenvalue weighted by atomic mass is 9.96. The third-order valence-corrected chi connectivity index (χ3v) is 5.88. The van der Waals surface area contributed by atoms with Crippen molar-refractivity contribution in [1.29, 1.82) is 5.26 Å². The number of benzene rings is 1. The Kier molecular flexibility index (Phi) is 5.95. The van der Waals surface area contributed by atoms with Gasteiger partial charge in [0, 0.05) is 11.3 Å². The number of hydrogen-bond donors (Lipinski definition) is 1. The second kappa shape index (κ2) is 8.37. The Morgan fingerprint density at radius 1 is 1.31 bits per heavy atom. The van der Waals surface area contributed by atoms with E-state index in [1.54, 1.807) is 11.3 Å². The fourth-order valence-corrected chi connectivity index (χ4v) is 4.59. The molecule has 5 heteroatoms. The molecule has 1 amide bonds. The number of hydrogen-bond acceptors (Lipinski definition) is 4. The molecule has 0 atom stereocenters. The summed E-state index contributed by atoms with van der Waals surface area (Å²) in [5, 5.41) is 13.1. The largest absolute Gasteiger partial charge is 0.493 e. The maximum Gasteiger partial charge on any atom is 0.225 e. The van der Waals surface area contributed by atoms with Gasteiger partial charge in [0.05, 0.1) is 12.2 Å². The van der Waals surface area contributed by atoms with Gasteiger partial charge in [-0.25, -0.2) is 0 Å². The lowest BCUT2D eigenvalue weighted by Crippen LogP contribution is -2.13. The Bertz CT molecular complexity index is 848. The van der Waals surface area contributed by atoms with E-state index in [4.69, 9.17) is 4.74 Å². The standard InChI is InChI=1S/C21H24N2O2S/c1-14-9-10-18(15(2)12-14)25-11-5-8-20(24)23-21-17(13-22)16-6-3-4-7-19(16)26-21/h9-10,12H,3-8,11H2,1-2H3,(H,23,24). The number of nitrogens with one attached hydrogen (secondary N) is 1. The maximum absolute atomic E-state index is 12.2. The molecular formula is C21H24N2O2S. The van der Waals surface area contributed by atoms with Crippen molar-refractivity contribution in [3.8, 4) is 11.8 Å². The van der Waals surface area contributed by atoms with Gasteiger partial charge in [-0.05, 0) is 63.1 Å². The maximum atomic E-state index is 12.2. The molecule has 136 valence electrons. The smallest absolute Gasteiger partial charge is 0.225 e. The van der Waals surface area contributed by atoms with E-state index in [0.717, 1.165) is 41.1 Å². The molecule has 0 saturated heterocycles. The predicted octanol–water partition coefficient (Wildman–Crippen LogP) is 4.91. The molecule has 1 aliphatic rings. The first-order valence-corrected chi connectivity index (χ1v) is 9.94. The Morgan fingerprint density at radius 3 is 2.88 bits per heavy atom. The van der Waals surface area contributed by atoms with Gasteiger partial charge in [-0.15, -0.1) is 11.3 Å². The first kappa shape index (κ1) is 18.5. The molecule has 26 heavy (non-hydrogen) atoms. The minimum absolute atomic E-state index is 0.0516. The molecule has 0 radical (unpaired) electrons. The predicted molar refractivity (Wildman–Crippen MR) is 105 cm³/mol. The molecular weight excluding hydrogens is 344 g/mol. The molecule has 3 rings (SSSR count). The SMILES string of the molecule is Cc1ccc(OCCCC(=O)Nc2sc3c(c2C#N)CCCC3)c(C)c1. The summed E-state index contributed by atoms with van der Waals surface area (Å²) < 4.78 is 5.77. The summed E-state index contributed by atoms with van der Waals surface area (Å²) >= 11 is 1.57. The third kappa shape index (κ3) is 4.25. The summed E-state index contributed by atoms with van der Waals surface area (Å²) in [6.07, 6.45) is 5.30. The van der Waals surface area contributed by atoms with Gasteiger partial charge in [-0.1, -0.05) is 17.7 Å². The minimum atomic E-state index is -0.0516. The number of nitriles is 1. The first-order chi connectivity index (χ1) is 12.6. The monoisotopic (exact) mass is 368 g/mol. The quantitative estimate of drug-likeness (QED) is 0.737. The number of anilines is 1. The number of nitrogens with zero attached hydrogens (tertiary/aromatic N) is 1. The van der Waals surface area contributed by atoms with Crippen molar-refractivity contribution in [2.75, 3.05) is 11.9 Å². The number of carbonyl (C=O) groups excluding carboxylic acids is 1. The summed E-state index contributed by atoms with van der Waals surface area (Å²) in [5.74, 6) is 0.818. The van der Waals surface area contributed by atoms with Crippen molar-refractivity contribution in [3.63, 3.8) is 0 Å². The van der Waals surface area contributed by atoms with Crippen LogP contribution >= 0.6 is 11.3 Å². The zero-order valence-electron chi connectivity index (χ0n) is 15.4. The number of rotatable bonds is 6. The van der Waals surface area contributed by atoms with Crippen LogP contribution in [0.1, 0.15) is 52.8 Å². The fourth-order valence-electron chi connectivity index (χ4n) is 3.34. The Labute approximate surface area is 158 Å². The van der Waals surface area contributed by atoms with Crippen molar-refractivity contribution in [3.05, 3.63) is 45.3 Å². The zero-order valence-corrected chi connectivity index (χ0v) is 16.2. The molecule has 0 fully saturated rings. The third-order valence-electron chi connectivity index (χ3n) is 4.67. The highest BCUT2D eigenvalue weighted by atomic mass is 32.1. The van der Waals surface area contributed by atoms with Crippen molar-refractivity contribution in [2.24, 2.45) is 0 Å². The number of amides is 1. The molecule has 0 bridgehead atoms. The van der Waals surface area contributed by atoms with Gasteiger partial charge in [0.15, 0.2) is 0 Å². The van der Waals surface area contributed by atoms with Crippen molar-refractivity contribution < 1.29 is 9.53 Å². The van der Waals surface area contributed by atoms with Crippen LogP contribution in [0.5, 0.6) is 5.75 Å². The van der Waals surface area contributed by atoms with Gasteiger partial charge in [0.1, 0.15) is 16.8 Å². The summed E-state index contributed by atoms with van der Waals surface area (Å²) in [7, 11) is 0. The van der Waals surface area contributed by atoms with Gasteiger partial charge in [0.25, 0.3) is 0 Å². The van der Waals surface area contributed by atoms with E-state index in [1.807, 2.05) is 19.1 Å². The highest BCUT2D eigenvalue weighted by Gasteiger charge is 2.21. The van der Waals surface area contributed by atoms with E-state index in [-0.39, 0.29) is 5.91 Å². The molecule has 0 unspecified atom stereocenters. The molecule has 0 spiro atoms. The van der Waals surface area contributed by atoms with Gasteiger partial charge in [-0.2, -0.15) is 5.26 Å². The van der Waals surface area contributed by atoms with Crippen LogP contribution in [-0.2, 0) is 17.6 Å². The summed E-state index contributed by atoms with van der Waals surface area (Å²) in [4.78, 5) is 13.5. The summed E-state index contributed by atoms with van der Waals surface area (Å²) in [5.41, 5.74) is 4.14. The second-order valence-electron chi connectivity index (χ2n) is 6.80. The van der Waals surface area contributed by atoms with Crippen LogP contribution < -0.4 is 10.1 Å². The van der Waals surface area contributed by atoms with E-state index < -0.39 is 0 Å². The Hall–Kier alpha value is -2.32. The number of fused-ring (bicyclic) bond motifs is 1. The van der Waals surface area contributed by atoms with E-state index in [2.05, 4.69) is 24.4 Å². The van der Waals surface area contributed by atoms with E-state index in [9.17, 15) is 10.1 Å². The number of ether oxygens (including phenoxy) is 1. The molecule has 1 aromatic heterocycles. The molecule has 2 aromatic rings. The van der Waals surface area contributed by atoms with E-state index >= 15 is 0 Å². The normalized spacial score (nSPS) is 13.0. The van der Waals surface area contributed by atoms with Gasteiger partial charge in [0.2, 0.25) is 5.91 Å². The van der Waals surface area contributed by atoms with Crippen molar-refractivity contribution in [2.45, 2.75) is 52.4 Å². The van der Waals surface area contributed by atoms with Crippen molar-refractivity contribution in [1.82, 2.24) is 0 Å². The van der Waals surface area contributed by atoms with Gasteiger partial charge < -0.3 is 10.1 Å². The minimum Gasteiger partial charge on any atom is -0.493 e. The number of carbonyl (C=O) groups is 1. The van der Waals surface area contributed by atoms with Crippen LogP contribution in [0.4, 0.5) is 5.00 Å².